The van der Waals surface area contributed by atoms with E-state index in [9.17, 15) is 13.6 Å². The molecule has 2 rings (SSSR count). The maximum absolute atomic E-state index is 13.3. The quantitative estimate of drug-likeness (QED) is 0.657. The largest absolute Gasteiger partial charge is 0.484 e. The molecule has 23 heavy (non-hydrogen) atoms. The number of halogens is 2. The Morgan fingerprint density at radius 1 is 1.22 bits per heavy atom. The van der Waals surface area contributed by atoms with Crippen LogP contribution in [-0.4, -0.2) is 18.7 Å². The molecule has 0 atom stereocenters. The van der Waals surface area contributed by atoms with Crippen molar-refractivity contribution in [2.24, 2.45) is 5.10 Å². The Morgan fingerprint density at radius 3 is 2.61 bits per heavy atom. The molecule has 6 heteroatoms. The number of hydrazone groups is 1. The normalized spacial score (nSPS) is 10.7. The highest BCUT2D eigenvalue weighted by Gasteiger charge is 2.03. The summed E-state index contributed by atoms with van der Waals surface area (Å²) >= 11 is 0. The van der Waals surface area contributed by atoms with E-state index in [1.54, 1.807) is 12.1 Å². The van der Waals surface area contributed by atoms with Crippen LogP contribution in [0, 0.1) is 11.6 Å². The summed E-state index contributed by atoms with van der Waals surface area (Å²) < 4.78 is 31.4. The SMILES string of the molecule is CCc1ccc(OCC(=O)N/N=C/c2ccc(F)cc2F)cc1. The highest BCUT2D eigenvalue weighted by atomic mass is 19.1. The minimum atomic E-state index is -0.754. The number of hydrogen-bond acceptors (Lipinski definition) is 3. The van der Waals surface area contributed by atoms with E-state index in [2.05, 4.69) is 10.5 Å². The first-order valence-electron chi connectivity index (χ1n) is 7.07. The molecule has 2 aromatic carbocycles. The summed E-state index contributed by atoms with van der Waals surface area (Å²) in [7, 11) is 0. The number of ether oxygens (including phenoxy) is 1. The fourth-order valence-corrected chi connectivity index (χ4v) is 1.78. The highest BCUT2D eigenvalue weighted by molar-refractivity contribution is 5.83. The monoisotopic (exact) mass is 318 g/mol. The Morgan fingerprint density at radius 2 is 1.96 bits per heavy atom. The molecule has 0 saturated carbocycles. The number of hydrogen-bond donors (Lipinski definition) is 1. The Bertz CT molecular complexity index is 700. The fourth-order valence-electron chi connectivity index (χ4n) is 1.78. The second kappa shape index (κ2) is 8.03. The van der Waals surface area contributed by atoms with Crippen LogP contribution in [0.4, 0.5) is 8.78 Å². The van der Waals surface area contributed by atoms with Gasteiger partial charge in [0.15, 0.2) is 6.61 Å². The second-order valence-electron chi connectivity index (χ2n) is 4.75. The third-order valence-electron chi connectivity index (χ3n) is 3.06. The van der Waals surface area contributed by atoms with E-state index in [1.165, 1.54) is 11.6 Å². The third kappa shape index (κ3) is 5.18. The van der Waals surface area contributed by atoms with Crippen molar-refractivity contribution in [3.05, 3.63) is 65.2 Å². The molecule has 0 unspecified atom stereocenters. The first-order valence-corrected chi connectivity index (χ1v) is 7.07. The van der Waals surface area contributed by atoms with Crippen LogP contribution in [0.2, 0.25) is 0 Å². The first kappa shape index (κ1) is 16.6. The summed E-state index contributed by atoms with van der Waals surface area (Å²) in [5.41, 5.74) is 3.46. The molecule has 120 valence electrons. The number of carbonyl (C=O) groups excluding carboxylic acids is 1. The van der Waals surface area contributed by atoms with Gasteiger partial charge in [0, 0.05) is 11.6 Å². The summed E-state index contributed by atoms with van der Waals surface area (Å²) in [5.74, 6) is -1.34. The molecule has 0 heterocycles. The zero-order valence-corrected chi connectivity index (χ0v) is 12.6. The molecule has 0 aliphatic heterocycles. The molecule has 2 aromatic rings. The van der Waals surface area contributed by atoms with Crippen LogP contribution in [-0.2, 0) is 11.2 Å². The average molecular weight is 318 g/mol. The van der Waals surface area contributed by atoms with Gasteiger partial charge in [-0.25, -0.2) is 14.2 Å². The van der Waals surface area contributed by atoms with Gasteiger partial charge >= 0.3 is 0 Å². The Hall–Kier alpha value is -2.76. The maximum atomic E-state index is 13.3. The molecule has 0 radical (unpaired) electrons. The van der Waals surface area contributed by atoms with Gasteiger partial charge in [0.25, 0.3) is 5.91 Å². The minimum absolute atomic E-state index is 0.0720. The maximum Gasteiger partial charge on any atom is 0.277 e. The van der Waals surface area contributed by atoms with E-state index in [1.807, 2.05) is 19.1 Å². The summed E-state index contributed by atoms with van der Waals surface area (Å²) in [5, 5.41) is 3.60. The molecule has 0 saturated heterocycles. The summed E-state index contributed by atoms with van der Waals surface area (Å²) in [4.78, 5) is 11.6. The van der Waals surface area contributed by atoms with Crippen LogP contribution in [0.3, 0.4) is 0 Å². The number of rotatable bonds is 6. The molecule has 0 aromatic heterocycles. The van der Waals surface area contributed by atoms with Crippen LogP contribution in [0.15, 0.2) is 47.6 Å². The van der Waals surface area contributed by atoms with Crippen molar-refractivity contribution in [1.29, 1.82) is 0 Å². The third-order valence-corrected chi connectivity index (χ3v) is 3.06. The first-order chi connectivity index (χ1) is 11.1. The molecule has 1 amide bonds. The summed E-state index contributed by atoms with van der Waals surface area (Å²) in [6.45, 7) is 1.83. The lowest BCUT2D eigenvalue weighted by molar-refractivity contribution is -0.123. The van der Waals surface area contributed by atoms with Gasteiger partial charge in [0.1, 0.15) is 17.4 Å². The van der Waals surface area contributed by atoms with Crippen molar-refractivity contribution in [2.45, 2.75) is 13.3 Å². The van der Waals surface area contributed by atoms with Gasteiger partial charge < -0.3 is 4.74 Å². The molecule has 4 nitrogen and oxygen atoms in total. The Kier molecular flexibility index (Phi) is 5.80. The van der Waals surface area contributed by atoms with Crippen molar-refractivity contribution < 1.29 is 18.3 Å². The van der Waals surface area contributed by atoms with Gasteiger partial charge in [-0.3, -0.25) is 4.79 Å². The minimum Gasteiger partial charge on any atom is -0.484 e. The standard InChI is InChI=1S/C17H16F2N2O2/c1-2-12-3-7-15(8-4-12)23-11-17(22)21-20-10-13-5-6-14(18)9-16(13)19/h3-10H,2,11H2,1H3,(H,21,22)/b20-10+. The van der Waals surface area contributed by atoms with Gasteiger partial charge in [-0.05, 0) is 36.2 Å². The fraction of sp³-hybridized carbons (Fsp3) is 0.176. The van der Waals surface area contributed by atoms with Crippen molar-refractivity contribution in [2.75, 3.05) is 6.61 Å². The van der Waals surface area contributed by atoms with E-state index >= 15 is 0 Å². The van der Waals surface area contributed by atoms with Gasteiger partial charge in [-0.15, -0.1) is 0 Å². The Balaban J connectivity index is 1.81. The summed E-state index contributed by atoms with van der Waals surface area (Å²) in [6.07, 6.45) is 2.03. The number of benzene rings is 2. The number of nitrogens with zero attached hydrogens (tertiary/aromatic N) is 1. The van der Waals surface area contributed by atoms with Gasteiger partial charge in [-0.2, -0.15) is 5.10 Å². The van der Waals surface area contributed by atoms with Crippen LogP contribution < -0.4 is 10.2 Å². The van der Waals surface area contributed by atoms with Crippen LogP contribution in [0.25, 0.3) is 0 Å². The molecule has 0 spiro atoms. The van der Waals surface area contributed by atoms with Gasteiger partial charge in [0.05, 0.1) is 6.21 Å². The van der Waals surface area contributed by atoms with Crippen molar-refractivity contribution in [1.82, 2.24) is 5.43 Å². The molecular formula is C17H16F2N2O2. The molecular weight excluding hydrogens is 302 g/mol. The van der Waals surface area contributed by atoms with Crippen molar-refractivity contribution in [3.63, 3.8) is 0 Å². The van der Waals surface area contributed by atoms with Gasteiger partial charge in [0.2, 0.25) is 0 Å². The number of amides is 1. The molecule has 0 aliphatic rings. The van der Waals surface area contributed by atoms with E-state index in [0.717, 1.165) is 24.8 Å². The van der Waals surface area contributed by atoms with Crippen molar-refractivity contribution in [3.8, 4) is 5.75 Å². The lowest BCUT2D eigenvalue weighted by Gasteiger charge is -2.05. The molecule has 0 fully saturated rings. The van der Waals surface area contributed by atoms with Gasteiger partial charge in [-0.1, -0.05) is 19.1 Å². The molecule has 0 bridgehead atoms. The molecule has 0 aliphatic carbocycles. The van der Waals surface area contributed by atoms with Crippen LogP contribution in [0.5, 0.6) is 5.75 Å². The Labute approximate surface area is 132 Å². The zero-order chi connectivity index (χ0) is 16.7. The second-order valence-corrected chi connectivity index (χ2v) is 4.75. The lowest BCUT2D eigenvalue weighted by atomic mass is 10.2. The smallest absolute Gasteiger partial charge is 0.277 e. The van der Waals surface area contributed by atoms with E-state index < -0.39 is 17.5 Å². The number of nitrogens with one attached hydrogen (secondary N) is 1. The average Bonchev–Trinajstić information content (AvgIpc) is 2.55. The van der Waals surface area contributed by atoms with E-state index in [-0.39, 0.29) is 12.2 Å². The van der Waals surface area contributed by atoms with Crippen molar-refractivity contribution >= 4 is 12.1 Å². The highest BCUT2D eigenvalue weighted by Crippen LogP contribution is 2.12. The topological polar surface area (TPSA) is 50.7 Å². The van der Waals surface area contributed by atoms with Crippen LogP contribution >= 0.6 is 0 Å². The summed E-state index contributed by atoms with van der Waals surface area (Å²) in [6, 6.07) is 10.5. The lowest BCUT2D eigenvalue weighted by Crippen LogP contribution is -2.24. The predicted molar refractivity (Wildman–Crippen MR) is 83.4 cm³/mol. The number of aryl methyl sites for hydroxylation is 1. The predicted octanol–water partition coefficient (Wildman–Crippen LogP) is 3.06. The zero-order valence-electron chi connectivity index (χ0n) is 12.6. The van der Waals surface area contributed by atoms with Crippen LogP contribution in [0.1, 0.15) is 18.1 Å². The van der Waals surface area contributed by atoms with E-state index in [4.69, 9.17) is 4.74 Å². The molecule has 1 N–H and O–H groups in total. The van der Waals surface area contributed by atoms with E-state index in [0.29, 0.717) is 5.75 Å². The number of carbonyl (C=O) groups is 1.